The van der Waals surface area contributed by atoms with Gasteiger partial charge in [0.15, 0.2) is 5.58 Å². The first-order valence-electron chi connectivity index (χ1n) is 9.40. The Kier molecular flexibility index (Phi) is 5.41. The van der Waals surface area contributed by atoms with Crippen molar-refractivity contribution in [2.24, 2.45) is 0 Å². The molecule has 4 rings (SSSR count). The van der Waals surface area contributed by atoms with Gasteiger partial charge in [-0.3, -0.25) is 0 Å². The summed E-state index contributed by atoms with van der Waals surface area (Å²) in [5, 5.41) is 0. The molecule has 0 spiro atoms. The fourth-order valence-electron chi connectivity index (χ4n) is 3.37. The van der Waals surface area contributed by atoms with E-state index >= 15 is 0 Å². The summed E-state index contributed by atoms with van der Waals surface area (Å²) in [6, 6.07) is 17.5. The predicted molar refractivity (Wildman–Crippen MR) is 114 cm³/mol. The monoisotopic (exact) mass is 417 g/mol. The minimum absolute atomic E-state index is 0.178. The van der Waals surface area contributed by atoms with E-state index in [-0.39, 0.29) is 17.0 Å². The summed E-state index contributed by atoms with van der Waals surface area (Å²) in [5.41, 5.74) is 3.29. The molecule has 0 saturated heterocycles. The molecule has 0 N–H and O–H groups in total. The summed E-state index contributed by atoms with van der Waals surface area (Å²) in [6.45, 7) is 0. The second-order valence-electron chi connectivity index (χ2n) is 6.64. The lowest BCUT2D eigenvalue weighted by atomic mass is 9.91. The highest BCUT2D eigenvalue weighted by Gasteiger charge is 2.25. The van der Waals surface area contributed by atoms with E-state index in [9.17, 15) is 9.59 Å². The number of carbonyl (C=O) groups is 2. The van der Waals surface area contributed by atoms with Crippen molar-refractivity contribution in [2.75, 3.05) is 21.3 Å². The van der Waals surface area contributed by atoms with Gasteiger partial charge in [0.05, 0.1) is 32.5 Å². The maximum atomic E-state index is 12.7. The van der Waals surface area contributed by atoms with Crippen LogP contribution >= 0.6 is 0 Å². The van der Waals surface area contributed by atoms with Crippen LogP contribution in [0.3, 0.4) is 0 Å². The van der Waals surface area contributed by atoms with E-state index in [0.29, 0.717) is 33.5 Å². The average Bonchev–Trinajstić information content (AvgIpc) is 3.26. The number of methoxy groups -OCH3 is 3. The number of aromatic nitrogens is 1. The fourth-order valence-corrected chi connectivity index (χ4v) is 3.37. The van der Waals surface area contributed by atoms with Gasteiger partial charge in [-0.05, 0) is 42.0 Å². The average molecular weight is 417 g/mol. The van der Waals surface area contributed by atoms with Gasteiger partial charge in [0.2, 0.25) is 5.89 Å². The van der Waals surface area contributed by atoms with Crippen molar-refractivity contribution < 1.29 is 28.2 Å². The number of hydrogen-bond acceptors (Lipinski definition) is 7. The van der Waals surface area contributed by atoms with Gasteiger partial charge in [-0.15, -0.1) is 0 Å². The molecule has 0 unspecified atom stereocenters. The van der Waals surface area contributed by atoms with Crippen molar-refractivity contribution in [3.8, 4) is 28.3 Å². The van der Waals surface area contributed by atoms with Crippen LogP contribution in [-0.2, 0) is 9.47 Å². The highest BCUT2D eigenvalue weighted by atomic mass is 16.5. The van der Waals surface area contributed by atoms with Gasteiger partial charge in [-0.1, -0.05) is 24.3 Å². The number of fused-ring (bicyclic) bond motifs is 1. The van der Waals surface area contributed by atoms with Crippen molar-refractivity contribution in [3.63, 3.8) is 0 Å². The number of nitrogens with zero attached hydrogens (tertiary/aromatic N) is 1. The smallest absolute Gasteiger partial charge is 0.338 e. The van der Waals surface area contributed by atoms with Crippen molar-refractivity contribution in [2.45, 2.75) is 0 Å². The summed E-state index contributed by atoms with van der Waals surface area (Å²) in [4.78, 5) is 29.6. The van der Waals surface area contributed by atoms with E-state index in [4.69, 9.17) is 18.6 Å². The van der Waals surface area contributed by atoms with Crippen LogP contribution < -0.4 is 4.74 Å². The van der Waals surface area contributed by atoms with Crippen LogP contribution in [0.5, 0.6) is 5.75 Å². The van der Waals surface area contributed by atoms with Crippen LogP contribution in [0.4, 0.5) is 0 Å². The van der Waals surface area contributed by atoms with Crippen molar-refractivity contribution in [1.82, 2.24) is 4.98 Å². The van der Waals surface area contributed by atoms with Crippen molar-refractivity contribution in [3.05, 3.63) is 71.8 Å². The number of benzene rings is 3. The zero-order valence-corrected chi connectivity index (χ0v) is 17.2. The Hall–Kier alpha value is -4.13. The molecule has 0 aliphatic heterocycles. The highest BCUT2D eigenvalue weighted by Crippen LogP contribution is 2.38. The molecular formula is C24H19NO6. The summed E-state index contributed by atoms with van der Waals surface area (Å²) in [5.74, 6) is -0.265. The Labute approximate surface area is 178 Å². The number of ether oxygens (including phenoxy) is 3. The van der Waals surface area contributed by atoms with Gasteiger partial charge in [0, 0.05) is 11.1 Å². The highest BCUT2D eigenvalue weighted by molar-refractivity contribution is 6.05. The first-order chi connectivity index (χ1) is 15.0. The second kappa shape index (κ2) is 8.31. The topological polar surface area (TPSA) is 87.9 Å². The van der Waals surface area contributed by atoms with Gasteiger partial charge < -0.3 is 18.6 Å². The number of hydrogen-bond donors (Lipinski definition) is 0. The standard InChI is InChI=1S/C24H19NO6/c1-28-16-10-8-14(9-11-16)21-17(22-25-19-6-4-5-7-20(19)31-22)12-15(23(26)29-2)13-18(21)24(27)30-3/h4-13H,1-3H3. The van der Waals surface area contributed by atoms with Crippen molar-refractivity contribution in [1.29, 1.82) is 0 Å². The molecule has 31 heavy (non-hydrogen) atoms. The predicted octanol–water partition coefficient (Wildman–Crippen LogP) is 4.74. The van der Waals surface area contributed by atoms with Crippen LogP contribution in [0.15, 0.2) is 65.1 Å². The van der Waals surface area contributed by atoms with Crippen LogP contribution in [-0.4, -0.2) is 38.3 Å². The fraction of sp³-hybridized carbons (Fsp3) is 0.125. The van der Waals surface area contributed by atoms with E-state index < -0.39 is 11.9 Å². The van der Waals surface area contributed by atoms with Gasteiger partial charge in [-0.2, -0.15) is 0 Å². The third-order valence-corrected chi connectivity index (χ3v) is 4.87. The molecular weight excluding hydrogens is 398 g/mol. The van der Waals surface area contributed by atoms with Crippen LogP contribution in [0.1, 0.15) is 20.7 Å². The van der Waals surface area contributed by atoms with E-state index in [2.05, 4.69) is 4.98 Å². The molecule has 0 aliphatic carbocycles. The molecule has 0 saturated carbocycles. The molecule has 156 valence electrons. The van der Waals surface area contributed by atoms with Gasteiger partial charge >= 0.3 is 11.9 Å². The molecule has 0 bridgehead atoms. The van der Waals surface area contributed by atoms with Gasteiger partial charge in [0.1, 0.15) is 11.3 Å². The molecule has 0 aliphatic rings. The number of rotatable bonds is 5. The van der Waals surface area contributed by atoms with E-state index in [1.54, 1.807) is 31.4 Å². The van der Waals surface area contributed by atoms with E-state index in [1.807, 2.05) is 30.3 Å². The van der Waals surface area contributed by atoms with Gasteiger partial charge in [-0.25, -0.2) is 14.6 Å². The third kappa shape index (κ3) is 3.73. The molecule has 0 radical (unpaired) electrons. The zero-order valence-electron chi connectivity index (χ0n) is 17.2. The molecule has 7 heteroatoms. The lowest BCUT2D eigenvalue weighted by Gasteiger charge is -2.15. The lowest BCUT2D eigenvalue weighted by molar-refractivity contribution is 0.0600. The maximum Gasteiger partial charge on any atom is 0.338 e. The molecule has 0 atom stereocenters. The summed E-state index contributed by atoms with van der Waals surface area (Å²) in [7, 11) is 4.13. The quantitative estimate of drug-likeness (QED) is 0.433. The normalized spacial score (nSPS) is 10.7. The van der Waals surface area contributed by atoms with Gasteiger partial charge in [0.25, 0.3) is 0 Å². The first-order valence-corrected chi connectivity index (χ1v) is 9.40. The Morgan fingerprint density at radius 1 is 0.871 bits per heavy atom. The summed E-state index contributed by atoms with van der Waals surface area (Å²) < 4.78 is 21.1. The molecule has 4 aromatic rings. The number of carbonyl (C=O) groups excluding carboxylic acids is 2. The van der Waals surface area contributed by atoms with E-state index in [0.717, 1.165) is 0 Å². The molecule has 3 aromatic carbocycles. The van der Waals surface area contributed by atoms with Crippen LogP contribution in [0.2, 0.25) is 0 Å². The maximum absolute atomic E-state index is 12.7. The first kappa shape index (κ1) is 20.2. The van der Waals surface area contributed by atoms with Crippen molar-refractivity contribution >= 4 is 23.0 Å². The molecule has 1 aromatic heterocycles. The second-order valence-corrected chi connectivity index (χ2v) is 6.64. The zero-order chi connectivity index (χ0) is 22.0. The summed E-state index contributed by atoms with van der Waals surface area (Å²) >= 11 is 0. The van der Waals surface area contributed by atoms with Crippen LogP contribution in [0, 0.1) is 0 Å². The molecule has 0 amide bonds. The Morgan fingerprint density at radius 2 is 1.58 bits per heavy atom. The molecule has 7 nitrogen and oxygen atoms in total. The Bertz CT molecular complexity index is 1240. The minimum atomic E-state index is -0.603. The molecule has 1 heterocycles. The Balaban J connectivity index is 2.05. The van der Waals surface area contributed by atoms with Crippen LogP contribution in [0.25, 0.3) is 33.7 Å². The minimum Gasteiger partial charge on any atom is -0.497 e. The SMILES string of the molecule is COC(=O)c1cc(C(=O)OC)c(-c2ccc(OC)cc2)c(-c2nc3ccccc3o2)c1. The van der Waals surface area contributed by atoms with E-state index in [1.165, 1.54) is 20.3 Å². The number of esters is 2. The summed E-state index contributed by atoms with van der Waals surface area (Å²) in [6.07, 6.45) is 0. The molecule has 0 fully saturated rings. The lowest BCUT2D eigenvalue weighted by Crippen LogP contribution is -2.09. The Morgan fingerprint density at radius 3 is 2.23 bits per heavy atom. The number of para-hydroxylation sites is 2. The third-order valence-electron chi connectivity index (χ3n) is 4.87. The largest absolute Gasteiger partial charge is 0.497 e. The number of oxazole rings is 1.